The Morgan fingerprint density at radius 2 is 2.29 bits per heavy atom. The summed E-state index contributed by atoms with van der Waals surface area (Å²) in [5.41, 5.74) is 6.85. The normalized spacial score (nSPS) is 20.4. The molecule has 0 aliphatic carbocycles. The largest absolute Gasteiger partial charge is 0.384 e. The van der Waals surface area contributed by atoms with Crippen LogP contribution < -0.4 is 5.73 Å². The quantitative estimate of drug-likeness (QED) is 0.868. The minimum Gasteiger partial charge on any atom is -0.384 e. The summed E-state index contributed by atoms with van der Waals surface area (Å²) in [7, 11) is 0. The van der Waals surface area contributed by atoms with Crippen LogP contribution in [0.1, 0.15) is 44.1 Å². The molecule has 2 rings (SSSR count). The van der Waals surface area contributed by atoms with E-state index in [-0.39, 0.29) is 6.10 Å². The van der Waals surface area contributed by atoms with Crippen molar-refractivity contribution in [1.82, 2.24) is 9.97 Å². The fraction of sp³-hybridized carbons (Fsp3) is 0.692. The van der Waals surface area contributed by atoms with Gasteiger partial charge in [-0.2, -0.15) is 0 Å². The number of hydrogen-bond donors (Lipinski definition) is 1. The van der Waals surface area contributed by atoms with Gasteiger partial charge >= 0.3 is 0 Å². The molecule has 0 aromatic carbocycles. The highest BCUT2D eigenvalue weighted by Crippen LogP contribution is 2.16. The lowest BCUT2D eigenvalue weighted by Crippen LogP contribution is -2.22. The van der Waals surface area contributed by atoms with E-state index in [2.05, 4.69) is 16.9 Å². The lowest BCUT2D eigenvalue weighted by molar-refractivity contribution is 0.0156. The molecular weight excluding hydrogens is 214 g/mol. The monoisotopic (exact) mass is 235 g/mol. The predicted molar refractivity (Wildman–Crippen MR) is 67.7 cm³/mol. The second-order valence-corrected chi connectivity index (χ2v) is 4.64. The third kappa shape index (κ3) is 3.66. The van der Waals surface area contributed by atoms with Gasteiger partial charge < -0.3 is 10.5 Å². The van der Waals surface area contributed by atoms with Gasteiger partial charge in [0.1, 0.15) is 11.6 Å². The van der Waals surface area contributed by atoms with E-state index in [1.54, 1.807) is 0 Å². The highest BCUT2D eigenvalue weighted by molar-refractivity contribution is 5.30. The SMILES string of the molecule is CCCc1cc(N)nc(CC2CCCCO2)n1. The number of aryl methyl sites for hydroxylation is 1. The molecule has 1 aliphatic rings. The summed E-state index contributed by atoms with van der Waals surface area (Å²) >= 11 is 0. The Morgan fingerprint density at radius 3 is 3.00 bits per heavy atom. The van der Waals surface area contributed by atoms with Gasteiger partial charge in [0, 0.05) is 24.8 Å². The van der Waals surface area contributed by atoms with Crippen molar-refractivity contribution < 1.29 is 4.74 Å². The lowest BCUT2D eigenvalue weighted by Gasteiger charge is -2.21. The molecule has 94 valence electrons. The molecule has 0 amide bonds. The first-order chi connectivity index (χ1) is 8.28. The van der Waals surface area contributed by atoms with Gasteiger partial charge in [-0.3, -0.25) is 0 Å². The second-order valence-electron chi connectivity index (χ2n) is 4.64. The number of rotatable bonds is 4. The van der Waals surface area contributed by atoms with E-state index in [9.17, 15) is 0 Å². The van der Waals surface area contributed by atoms with E-state index < -0.39 is 0 Å². The van der Waals surface area contributed by atoms with Crippen LogP contribution in [-0.2, 0) is 17.6 Å². The molecule has 1 aromatic heterocycles. The molecule has 1 fully saturated rings. The van der Waals surface area contributed by atoms with Crippen LogP contribution in [-0.4, -0.2) is 22.7 Å². The topological polar surface area (TPSA) is 61.0 Å². The lowest BCUT2D eigenvalue weighted by atomic mass is 10.1. The minimum absolute atomic E-state index is 0.278. The first-order valence-electron chi connectivity index (χ1n) is 6.52. The van der Waals surface area contributed by atoms with Crippen LogP contribution in [0.25, 0.3) is 0 Å². The zero-order chi connectivity index (χ0) is 12.1. The maximum atomic E-state index is 5.80. The molecule has 0 bridgehead atoms. The van der Waals surface area contributed by atoms with Crippen molar-refractivity contribution in [3.8, 4) is 0 Å². The van der Waals surface area contributed by atoms with Gasteiger partial charge in [-0.25, -0.2) is 9.97 Å². The molecule has 2 heterocycles. The Labute approximate surface area is 103 Å². The fourth-order valence-electron chi connectivity index (χ4n) is 2.22. The number of nitrogens with zero attached hydrogens (tertiary/aromatic N) is 2. The molecule has 4 nitrogen and oxygen atoms in total. The number of nitrogens with two attached hydrogens (primary N) is 1. The van der Waals surface area contributed by atoms with Crippen molar-refractivity contribution >= 4 is 5.82 Å². The molecule has 1 aliphatic heterocycles. The summed E-state index contributed by atoms with van der Waals surface area (Å²) in [5.74, 6) is 1.41. The Morgan fingerprint density at radius 1 is 1.41 bits per heavy atom. The van der Waals surface area contributed by atoms with Crippen LogP contribution in [0.2, 0.25) is 0 Å². The Hall–Kier alpha value is -1.16. The predicted octanol–water partition coefficient (Wildman–Crippen LogP) is 2.12. The zero-order valence-corrected chi connectivity index (χ0v) is 10.5. The van der Waals surface area contributed by atoms with E-state index in [1.807, 2.05) is 6.07 Å². The van der Waals surface area contributed by atoms with Crippen LogP contribution in [0.15, 0.2) is 6.07 Å². The minimum atomic E-state index is 0.278. The van der Waals surface area contributed by atoms with Crippen molar-refractivity contribution in [1.29, 1.82) is 0 Å². The average molecular weight is 235 g/mol. The highest BCUT2D eigenvalue weighted by atomic mass is 16.5. The third-order valence-corrected chi connectivity index (χ3v) is 3.04. The summed E-state index contributed by atoms with van der Waals surface area (Å²) in [5, 5.41) is 0. The Balaban J connectivity index is 2.03. The fourth-order valence-corrected chi connectivity index (χ4v) is 2.22. The molecular formula is C13H21N3O. The number of hydrogen-bond acceptors (Lipinski definition) is 4. The van der Waals surface area contributed by atoms with Crippen molar-refractivity contribution in [2.45, 2.75) is 51.6 Å². The molecule has 0 saturated carbocycles. The smallest absolute Gasteiger partial charge is 0.133 e. The van der Waals surface area contributed by atoms with Crippen LogP contribution in [0.5, 0.6) is 0 Å². The van der Waals surface area contributed by atoms with Gasteiger partial charge in [0.25, 0.3) is 0 Å². The first kappa shape index (κ1) is 12.3. The van der Waals surface area contributed by atoms with Crippen LogP contribution in [0, 0.1) is 0 Å². The van der Waals surface area contributed by atoms with E-state index in [1.165, 1.54) is 12.8 Å². The van der Waals surface area contributed by atoms with Gasteiger partial charge in [0.2, 0.25) is 0 Å². The van der Waals surface area contributed by atoms with Gasteiger partial charge in [-0.15, -0.1) is 0 Å². The molecule has 0 spiro atoms. The number of ether oxygens (including phenoxy) is 1. The van der Waals surface area contributed by atoms with E-state index in [0.29, 0.717) is 5.82 Å². The first-order valence-corrected chi connectivity index (χ1v) is 6.52. The molecule has 17 heavy (non-hydrogen) atoms. The zero-order valence-electron chi connectivity index (χ0n) is 10.5. The summed E-state index contributed by atoms with van der Waals surface area (Å²) in [4.78, 5) is 8.84. The molecule has 2 N–H and O–H groups in total. The standard InChI is InChI=1S/C13H21N3O/c1-2-5-10-8-12(14)16-13(15-10)9-11-6-3-4-7-17-11/h8,11H,2-7,9H2,1H3,(H2,14,15,16). The Kier molecular flexibility index (Phi) is 4.31. The van der Waals surface area contributed by atoms with Gasteiger partial charge in [0.15, 0.2) is 0 Å². The Bertz CT molecular complexity index is 362. The van der Waals surface area contributed by atoms with Crippen LogP contribution in [0.4, 0.5) is 5.82 Å². The molecule has 0 radical (unpaired) electrons. The average Bonchev–Trinajstić information content (AvgIpc) is 2.30. The summed E-state index contributed by atoms with van der Waals surface area (Å²) < 4.78 is 5.70. The molecule has 1 atom stereocenters. The molecule has 4 heteroatoms. The molecule has 1 unspecified atom stereocenters. The number of aromatic nitrogens is 2. The van der Waals surface area contributed by atoms with Crippen molar-refractivity contribution in [3.05, 3.63) is 17.6 Å². The maximum absolute atomic E-state index is 5.80. The molecule has 1 aromatic rings. The van der Waals surface area contributed by atoms with Crippen LogP contribution in [0.3, 0.4) is 0 Å². The maximum Gasteiger partial charge on any atom is 0.133 e. The van der Waals surface area contributed by atoms with Crippen LogP contribution >= 0.6 is 0 Å². The number of anilines is 1. The van der Waals surface area contributed by atoms with Crippen molar-refractivity contribution in [2.24, 2.45) is 0 Å². The second kappa shape index (κ2) is 5.96. The summed E-state index contributed by atoms with van der Waals surface area (Å²) in [6, 6.07) is 1.87. The van der Waals surface area contributed by atoms with Gasteiger partial charge in [0.05, 0.1) is 6.10 Å². The van der Waals surface area contributed by atoms with E-state index in [4.69, 9.17) is 10.5 Å². The summed E-state index contributed by atoms with van der Waals surface area (Å²) in [6.45, 7) is 3.01. The van der Waals surface area contributed by atoms with Crippen molar-refractivity contribution in [3.63, 3.8) is 0 Å². The van der Waals surface area contributed by atoms with Gasteiger partial charge in [-0.1, -0.05) is 13.3 Å². The highest BCUT2D eigenvalue weighted by Gasteiger charge is 2.16. The molecule has 1 saturated heterocycles. The number of nitrogen functional groups attached to an aromatic ring is 1. The van der Waals surface area contributed by atoms with E-state index in [0.717, 1.165) is 43.8 Å². The summed E-state index contributed by atoms with van der Waals surface area (Å²) in [6.07, 6.45) is 6.65. The van der Waals surface area contributed by atoms with Crippen molar-refractivity contribution in [2.75, 3.05) is 12.3 Å². The van der Waals surface area contributed by atoms with Gasteiger partial charge in [-0.05, 0) is 25.7 Å². The third-order valence-electron chi connectivity index (χ3n) is 3.04. The van der Waals surface area contributed by atoms with E-state index >= 15 is 0 Å².